The molecule has 2 rings (SSSR count). The summed E-state index contributed by atoms with van der Waals surface area (Å²) in [5.41, 5.74) is -0.167. The number of carbonyl (C=O) groups excluding carboxylic acids is 1. The van der Waals surface area contributed by atoms with Gasteiger partial charge < -0.3 is 4.57 Å². The first-order chi connectivity index (χ1) is 8.03. The lowest BCUT2D eigenvalue weighted by molar-refractivity contribution is -0.131. The number of hydrogen-bond donors (Lipinski definition) is 1. The van der Waals surface area contributed by atoms with Crippen molar-refractivity contribution in [2.45, 2.75) is 39.5 Å². The molecule has 1 heterocycles. The van der Waals surface area contributed by atoms with Crippen LogP contribution in [0.2, 0.25) is 0 Å². The van der Waals surface area contributed by atoms with Gasteiger partial charge in [0.25, 0.3) is 0 Å². The molecule has 0 aliphatic heterocycles. The van der Waals surface area contributed by atoms with Crippen LogP contribution in [0.5, 0.6) is 0 Å². The smallest absolute Gasteiger partial charge is 0.232 e. The summed E-state index contributed by atoms with van der Waals surface area (Å²) in [4.78, 5) is 12.3. The number of hydrogen-bond acceptors (Lipinski definition) is 3. The van der Waals surface area contributed by atoms with E-state index in [0.29, 0.717) is 11.9 Å². The Morgan fingerprint density at radius 1 is 1.59 bits per heavy atom. The Balaban J connectivity index is 2.06. The SMILES string of the molecule is CC(C)CC1(C(=O)Nc2nncn2C)CCC1. The highest BCUT2D eigenvalue weighted by Gasteiger charge is 2.44. The molecular formula is C12H20N4O. The standard InChI is InChI=1S/C12H20N4O/c1-9(2)7-12(5-4-6-12)10(17)14-11-15-13-8-16(11)3/h8-9H,4-7H2,1-3H3,(H,14,15,17). The van der Waals surface area contributed by atoms with Gasteiger partial charge in [-0.05, 0) is 25.2 Å². The second-order valence-corrected chi connectivity index (χ2v) is 5.45. The first-order valence-corrected chi connectivity index (χ1v) is 6.19. The maximum Gasteiger partial charge on any atom is 0.232 e. The Morgan fingerprint density at radius 3 is 2.71 bits per heavy atom. The van der Waals surface area contributed by atoms with E-state index >= 15 is 0 Å². The number of amides is 1. The van der Waals surface area contributed by atoms with Gasteiger partial charge in [0, 0.05) is 12.5 Å². The van der Waals surface area contributed by atoms with Crippen molar-refractivity contribution in [1.29, 1.82) is 0 Å². The Bertz CT molecular complexity index is 406. The number of carbonyl (C=O) groups is 1. The van der Waals surface area contributed by atoms with Crippen LogP contribution in [0.4, 0.5) is 5.95 Å². The maximum absolute atomic E-state index is 12.3. The summed E-state index contributed by atoms with van der Waals surface area (Å²) in [7, 11) is 1.82. The van der Waals surface area contributed by atoms with Gasteiger partial charge in [-0.1, -0.05) is 20.3 Å². The predicted molar refractivity (Wildman–Crippen MR) is 65.4 cm³/mol. The maximum atomic E-state index is 12.3. The van der Waals surface area contributed by atoms with Crippen LogP contribution in [0, 0.1) is 11.3 Å². The van der Waals surface area contributed by atoms with E-state index in [1.807, 2.05) is 7.05 Å². The molecule has 1 N–H and O–H groups in total. The van der Waals surface area contributed by atoms with Crippen molar-refractivity contribution in [2.75, 3.05) is 5.32 Å². The van der Waals surface area contributed by atoms with Crippen molar-refractivity contribution in [3.8, 4) is 0 Å². The van der Waals surface area contributed by atoms with Gasteiger partial charge in [-0.25, -0.2) is 0 Å². The number of nitrogens with zero attached hydrogens (tertiary/aromatic N) is 3. The van der Waals surface area contributed by atoms with Crippen LogP contribution in [0.3, 0.4) is 0 Å². The average molecular weight is 236 g/mol. The molecular weight excluding hydrogens is 216 g/mol. The molecule has 1 amide bonds. The highest BCUT2D eigenvalue weighted by Crippen LogP contribution is 2.46. The van der Waals surface area contributed by atoms with Gasteiger partial charge in [0.2, 0.25) is 11.9 Å². The molecule has 5 heteroatoms. The van der Waals surface area contributed by atoms with Crippen molar-refractivity contribution in [2.24, 2.45) is 18.4 Å². The van der Waals surface area contributed by atoms with Crippen LogP contribution in [0.1, 0.15) is 39.5 Å². The third-order valence-electron chi connectivity index (χ3n) is 3.53. The zero-order valence-corrected chi connectivity index (χ0v) is 10.7. The molecule has 0 unspecified atom stereocenters. The minimum atomic E-state index is -0.167. The van der Waals surface area contributed by atoms with Gasteiger partial charge in [-0.3, -0.25) is 10.1 Å². The van der Waals surface area contributed by atoms with Gasteiger partial charge in [-0.2, -0.15) is 0 Å². The Labute approximate surface area is 102 Å². The highest BCUT2D eigenvalue weighted by molar-refractivity contribution is 5.94. The zero-order valence-electron chi connectivity index (χ0n) is 10.7. The van der Waals surface area contributed by atoms with Crippen LogP contribution in [-0.4, -0.2) is 20.7 Å². The van der Waals surface area contributed by atoms with E-state index < -0.39 is 0 Å². The predicted octanol–water partition coefficient (Wildman–Crippen LogP) is 1.97. The van der Waals surface area contributed by atoms with E-state index in [-0.39, 0.29) is 11.3 Å². The minimum Gasteiger partial charge on any atom is -0.303 e. The first kappa shape index (κ1) is 12.1. The summed E-state index contributed by atoms with van der Waals surface area (Å²) >= 11 is 0. The Morgan fingerprint density at radius 2 is 2.29 bits per heavy atom. The molecule has 0 atom stereocenters. The lowest BCUT2D eigenvalue weighted by Crippen LogP contribution is -2.43. The molecule has 1 aliphatic rings. The summed E-state index contributed by atoms with van der Waals surface area (Å²) in [6.07, 6.45) is 5.69. The lowest BCUT2D eigenvalue weighted by Gasteiger charge is -2.41. The topological polar surface area (TPSA) is 59.8 Å². The molecule has 1 aromatic rings. The normalized spacial score (nSPS) is 17.9. The molecule has 1 saturated carbocycles. The number of aromatic nitrogens is 3. The third-order valence-corrected chi connectivity index (χ3v) is 3.53. The van der Waals surface area contributed by atoms with Crippen molar-refractivity contribution in [3.63, 3.8) is 0 Å². The molecule has 1 aromatic heterocycles. The van der Waals surface area contributed by atoms with E-state index in [1.165, 1.54) is 0 Å². The number of aryl methyl sites for hydroxylation is 1. The van der Waals surface area contributed by atoms with E-state index in [2.05, 4.69) is 29.4 Å². The quantitative estimate of drug-likeness (QED) is 0.869. The largest absolute Gasteiger partial charge is 0.303 e. The van der Waals surface area contributed by atoms with E-state index in [1.54, 1.807) is 10.9 Å². The summed E-state index contributed by atoms with van der Waals surface area (Å²) in [5, 5.41) is 10.5. The van der Waals surface area contributed by atoms with Crippen molar-refractivity contribution in [1.82, 2.24) is 14.8 Å². The van der Waals surface area contributed by atoms with Gasteiger partial charge >= 0.3 is 0 Å². The molecule has 5 nitrogen and oxygen atoms in total. The minimum absolute atomic E-state index is 0.105. The second kappa shape index (κ2) is 4.47. The van der Waals surface area contributed by atoms with E-state index in [0.717, 1.165) is 25.7 Å². The van der Waals surface area contributed by atoms with E-state index in [9.17, 15) is 4.79 Å². The monoisotopic (exact) mass is 236 g/mol. The lowest BCUT2D eigenvalue weighted by atomic mass is 9.64. The summed E-state index contributed by atoms with van der Waals surface area (Å²) in [6.45, 7) is 4.32. The molecule has 1 fully saturated rings. The van der Waals surface area contributed by atoms with E-state index in [4.69, 9.17) is 0 Å². The first-order valence-electron chi connectivity index (χ1n) is 6.19. The second-order valence-electron chi connectivity index (χ2n) is 5.45. The van der Waals surface area contributed by atoms with Crippen molar-refractivity contribution < 1.29 is 4.79 Å². The van der Waals surface area contributed by atoms with Crippen LogP contribution >= 0.6 is 0 Å². The van der Waals surface area contributed by atoms with Crippen molar-refractivity contribution >= 4 is 11.9 Å². The molecule has 0 saturated heterocycles. The molecule has 0 bridgehead atoms. The van der Waals surface area contributed by atoms with Gasteiger partial charge in [0.15, 0.2) is 0 Å². The highest BCUT2D eigenvalue weighted by atomic mass is 16.2. The number of nitrogens with one attached hydrogen (secondary N) is 1. The van der Waals surface area contributed by atoms with Crippen LogP contribution < -0.4 is 5.32 Å². The Hall–Kier alpha value is -1.39. The van der Waals surface area contributed by atoms with Crippen LogP contribution in [-0.2, 0) is 11.8 Å². The average Bonchev–Trinajstić information content (AvgIpc) is 2.58. The molecule has 0 aromatic carbocycles. The fourth-order valence-electron chi connectivity index (χ4n) is 2.54. The van der Waals surface area contributed by atoms with Gasteiger partial charge in [-0.15, -0.1) is 10.2 Å². The summed E-state index contributed by atoms with van der Waals surface area (Å²) in [6, 6.07) is 0. The van der Waals surface area contributed by atoms with Crippen molar-refractivity contribution in [3.05, 3.63) is 6.33 Å². The third kappa shape index (κ3) is 2.33. The fraction of sp³-hybridized carbons (Fsp3) is 0.750. The van der Waals surface area contributed by atoms with Crippen LogP contribution in [0.15, 0.2) is 6.33 Å². The zero-order chi connectivity index (χ0) is 12.5. The van der Waals surface area contributed by atoms with Crippen LogP contribution in [0.25, 0.3) is 0 Å². The number of anilines is 1. The molecule has 0 radical (unpaired) electrons. The van der Waals surface area contributed by atoms with Gasteiger partial charge in [0.1, 0.15) is 6.33 Å². The Kier molecular flexibility index (Phi) is 3.17. The molecule has 17 heavy (non-hydrogen) atoms. The number of rotatable bonds is 4. The fourth-order valence-corrected chi connectivity index (χ4v) is 2.54. The molecule has 94 valence electrons. The van der Waals surface area contributed by atoms with Gasteiger partial charge in [0.05, 0.1) is 0 Å². The molecule has 1 aliphatic carbocycles. The summed E-state index contributed by atoms with van der Waals surface area (Å²) < 4.78 is 1.72. The molecule has 0 spiro atoms. The summed E-state index contributed by atoms with van der Waals surface area (Å²) in [5.74, 6) is 1.18.